The van der Waals surface area contributed by atoms with Crippen LogP contribution in [-0.4, -0.2) is 11.4 Å². The van der Waals surface area contributed by atoms with E-state index in [4.69, 9.17) is 11.6 Å². The molecule has 1 N–H and O–H groups in total. The highest BCUT2D eigenvalue weighted by Gasteiger charge is 2.51. The first-order chi connectivity index (χ1) is 13.0. The number of benzene rings is 2. The molecule has 4 aliphatic carbocycles. The van der Waals surface area contributed by atoms with Crippen LogP contribution in [-0.2, 0) is 0 Å². The lowest BCUT2D eigenvalue weighted by Gasteiger charge is -2.56. The fraction of sp³-hybridized carbons (Fsp3) is 0.435. The number of carbonyl (C=O) groups is 1. The van der Waals surface area contributed by atoms with Crippen LogP contribution in [0.4, 0.5) is 4.39 Å². The number of hydrogen-bond acceptors (Lipinski definition) is 1. The highest BCUT2D eigenvalue weighted by molar-refractivity contribution is 6.31. The van der Waals surface area contributed by atoms with Crippen molar-refractivity contribution in [1.82, 2.24) is 5.32 Å². The van der Waals surface area contributed by atoms with E-state index < -0.39 is 5.82 Å². The number of nitrogens with one attached hydrogen (secondary N) is 1. The molecule has 140 valence electrons. The van der Waals surface area contributed by atoms with Gasteiger partial charge in [0.15, 0.2) is 0 Å². The summed E-state index contributed by atoms with van der Waals surface area (Å²) in [6.07, 6.45) is 7.40. The Morgan fingerprint density at radius 2 is 1.63 bits per heavy atom. The summed E-state index contributed by atoms with van der Waals surface area (Å²) in [4.78, 5) is 13.3. The molecule has 0 aliphatic heterocycles. The zero-order chi connectivity index (χ0) is 18.6. The number of hydrogen-bond donors (Lipinski definition) is 1. The van der Waals surface area contributed by atoms with Gasteiger partial charge in [-0.05, 0) is 85.6 Å². The standard InChI is InChI=1S/C23H23ClFNO/c24-20-10-17(5-6-21(20)25)18-3-1-2-4-19(18)22(27)26-23-11-14-7-15(12-23)9-16(8-14)13-23/h1-6,10,14-16H,7-9,11-13H2,(H,26,27). The number of carbonyl (C=O) groups excluding carboxylic acids is 1. The summed E-state index contributed by atoms with van der Waals surface area (Å²) >= 11 is 5.96. The molecular weight excluding hydrogens is 361 g/mol. The number of rotatable bonds is 3. The largest absolute Gasteiger partial charge is 0.347 e. The monoisotopic (exact) mass is 383 g/mol. The van der Waals surface area contributed by atoms with Crippen molar-refractivity contribution in [2.24, 2.45) is 17.8 Å². The quantitative estimate of drug-likeness (QED) is 0.708. The Morgan fingerprint density at radius 1 is 1.00 bits per heavy atom. The highest BCUT2D eigenvalue weighted by atomic mass is 35.5. The first-order valence-corrected chi connectivity index (χ1v) is 10.3. The Kier molecular flexibility index (Phi) is 4.05. The smallest absolute Gasteiger partial charge is 0.252 e. The minimum Gasteiger partial charge on any atom is -0.347 e. The molecule has 4 heteroatoms. The summed E-state index contributed by atoms with van der Waals surface area (Å²) in [6.45, 7) is 0. The van der Waals surface area contributed by atoms with Crippen LogP contribution in [0.2, 0.25) is 5.02 Å². The number of halogens is 2. The molecule has 27 heavy (non-hydrogen) atoms. The first kappa shape index (κ1) is 17.2. The maximum atomic E-state index is 13.6. The lowest BCUT2D eigenvalue weighted by molar-refractivity contribution is -0.0166. The average Bonchev–Trinajstić information content (AvgIpc) is 2.62. The summed E-state index contributed by atoms with van der Waals surface area (Å²) in [5.74, 6) is 1.87. The van der Waals surface area contributed by atoms with Crippen molar-refractivity contribution in [3.8, 4) is 11.1 Å². The van der Waals surface area contributed by atoms with E-state index in [0.717, 1.165) is 48.1 Å². The van der Waals surface area contributed by atoms with Crippen molar-refractivity contribution in [2.45, 2.75) is 44.1 Å². The van der Waals surface area contributed by atoms with E-state index >= 15 is 0 Å². The SMILES string of the molecule is O=C(NC12CC3CC(CC(C3)C1)C2)c1ccccc1-c1ccc(F)c(Cl)c1. The summed E-state index contributed by atoms with van der Waals surface area (Å²) in [5.41, 5.74) is 2.16. The second-order valence-corrected chi connectivity index (χ2v) is 9.23. The van der Waals surface area contributed by atoms with Gasteiger partial charge < -0.3 is 5.32 Å². The van der Waals surface area contributed by atoms with Gasteiger partial charge in [-0.2, -0.15) is 0 Å². The second kappa shape index (κ2) is 6.34. The normalized spacial score (nSPS) is 31.1. The van der Waals surface area contributed by atoms with E-state index in [2.05, 4.69) is 5.32 Å². The van der Waals surface area contributed by atoms with Gasteiger partial charge in [-0.3, -0.25) is 4.79 Å². The molecule has 0 radical (unpaired) electrons. The van der Waals surface area contributed by atoms with Gasteiger partial charge in [-0.1, -0.05) is 35.9 Å². The molecule has 2 aromatic rings. The molecule has 2 aromatic carbocycles. The topological polar surface area (TPSA) is 29.1 Å². The predicted octanol–water partition coefficient (Wildman–Crippen LogP) is 5.84. The molecule has 0 heterocycles. The van der Waals surface area contributed by atoms with Crippen molar-refractivity contribution >= 4 is 17.5 Å². The molecule has 4 bridgehead atoms. The lowest BCUT2D eigenvalue weighted by atomic mass is 9.53. The van der Waals surface area contributed by atoms with Crippen LogP contribution >= 0.6 is 11.6 Å². The molecule has 4 fully saturated rings. The van der Waals surface area contributed by atoms with E-state index in [-0.39, 0.29) is 16.5 Å². The first-order valence-electron chi connectivity index (χ1n) is 9.88. The molecule has 0 saturated heterocycles. The average molecular weight is 384 g/mol. The van der Waals surface area contributed by atoms with Crippen LogP contribution in [0.3, 0.4) is 0 Å². The molecule has 0 spiro atoms. The third-order valence-corrected chi connectivity index (χ3v) is 7.11. The van der Waals surface area contributed by atoms with Gasteiger partial charge >= 0.3 is 0 Å². The van der Waals surface area contributed by atoms with Crippen molar-refractivity contribution in [2.75, 3.05) is 0 Å². The van der Waals surface area contributed by atoms with E-state index in [9.17, 15) is 9.18 Å². The fourth-order valence-electron chi connectivity index (χ4n) is 6.17. The van der Waals surface area contributed by atoms with Crippen LogP contribution in [0.5, 0.6) is 0 Å². The van der Waals surface area contributed by atoms with Gasteiger partial charge in [-0.25, -0.2) is 4.39 Å². The third kappa shape index (κ3) is 3.06. The Hall–Kier alpha value is -1.87. The van der Waals surface area contributed by atoms with Gasteiger partial charge in [0.05, 0.1) is 5.02 Å². The molecular formula is C23H23ClFNO. The van der Waals surface area contributed by atoms with Gasteiger partial charge in [0.2, 0.25) is 0 Å². The molecule has 0 atom stereocenters. The Morgan fingerprint density at radius 3 is 2.26 bits per heavy atom. The third-order valence-electron chi connectivity index (χ3n) is 6.82. The molecule has 1 amide bonds. The zero-order valence-corrected chi connectivity index (χ0v) is 15.9. The molecule has 2 nitrogen and oxygen atoms in total. The zero-order valence-electron chi connectivity index (χ0n) is 15.2. The molecule has 4 saturated carbocycles. The van der Waals surface area contributed by atoms with Crippen LogP contribution in [0.25, 0.3) is 11.1 Å². The summed E-state index contributed by atoms with van der Waals surface area (Å²) < 4.78 is 13.6. The Balaban J connectivity index is 1.45. The van der Waals surface area contributed by atoms with Gasteiger partial charge in [-0.15, -0.1) is 0 Å². The predicted molar refractivity (Wildman–Crippen MR) is 105 cm³/mol. The van der Waals surface area contributed by atoms with Gasteiger partial charge in [0.25, 0.3) is 5.91 Å². The molecule has 4 aliphatic rings. The van der Waals surface area contributed by atoms with Crippen LogP contribution in [0, 0.1) is 23.6 Å². The second-order valence-electron chi connectivity index (χ2n) is 8.83. The lowest BCUT2D eigenvalue weighted by Crippen LogP contribution is -2.59. The van der Waals surface area contributed by atoms with Crippen molar-refractivity contribution in [3.05, 3.63) is 58.9 Å². The van der Waals surface area contributed by atoms with Crippen molar-refractivity contribution < 1.29 is 9.18 Å². The van der Waals surface area contributed by atoms with Gasteiger partial charge in [0.1, 0.15) is 5.82 Å². The summed E-state index contributed by atoms with van der Waals surface area (Å²) in [7, 11) is 0. The highest BCUT2D eigenvalue weighted by Crippen LogP contribution is 2.55. The van der Waals surface area contributed by atoms with Crippen LogP contribution in [0.15, 0.2) is 42.5 Å². The molecule has 0 unspecified atom stereocenters. The van der Waals surface area contributed by atoms with Crippen LogP contribution in [0.1, 0.15) is 48.9 Å². The van der Waals surface area contributed by atoms with E-state index in [0.29, 0.717) is 5.56 Å². The number of amides is 1. The fourth-order valence-corrected chi connectivity index (χ4v) is 6.35. The molecule has 0 aromatic heterocycles. The summed E-state index contributed by atoms with van der Waals surface area (Å²) in [6, 6.07) is 12.1. The minimum absolute atomic E-state index is 0.0204. The van der Waals surface area contributed by atoms with E-state index in [1.54, 1.807) is 12.1 Å². The molecule has 6 rings (SSSR count). The van der Waals surface area contributed by atoms with Crippen molar-refractivity contribution in [3.63, 3.8) is 0 Å². The van der Waals surface area contributed by atoms with Gasteiger partial charge in [0, 0.05) is 11.1 Å². The maximum absolute atomic E-state index is 13.6. The summed E-state index contributed by atoms with van der Waals surface area (Å²) in [5, 5.41) is 3.50. The van der Waals surface area contributed by atoms with Crippen molar-refractivity contribution in [1.29, 1.82) is 0 Å². The Labute approximate surface area is 164 Å². The van der Waals surface area contributed by atoms with Crippen LogP contribution < -0.4 is 5.32 Å². The van der Waals surface area contributed by atoms with E-state index in [1.165, 1.54) is 25.3 Å². The van der Waals surface area contributed by atoms with E-state index in [1.807, 2.05) is 24.3 Å². The maximum Gasteiger partial charge on any atom is 0.252 e. The Bertz CT molecular complexity index is 874. The minimum atomic E-state index is -0.448.